The van der Waals surface area contributed by atoms with Crippen molar-refractivity contribution < 1.29 is 32.2 Å². The van der Waals surface area contributed by atoms with Crippen molar-refractivity contribution in [1.29, 1.82) is 5.53 Å². The van der Waals surface area contributed by atoms with Crippen LogP contribution in [0.3, 0.4) is 0 Å². The van der Waals surface area contributed by atoms with Gasteiger partial charge in [0.25, 0.3) is 5.91 Å². The molecule has 34 heavy (non-hydrogen) atoms. The second-order valence-corrected chi connectivity index (χ2v) is 8.12. The van der Waals surface area contributed by atoms with E-state index in [1.54, 1.807) is 9.80 Å². The van der Waals surface area contributed by atoms with E-state index in [-0.39, 0.29) is 41.6 Å². The number of benzene rings is 1. The van der Waals surface area contributed by atoms with Gasteiger partial charge in [0.2, 0.25) is 0 Å². The van der Waals surface area contributed by atoms with Crippen molar-refractivity contribution >= 4 is 23.5 Å². The highest BCUT2D eigenvalue weighted by Gasteiger charge is 2.43. The molecule has 2 fully saturated rings. The van der Waals surface area contributed by atoms with Gasteiger partial charge in [-0.15, -0.1) is 13.2 Å². The van der Waals surface area contributed by atoms with Crippen LogP contribution in [0.5, 0.6) is 5.75 Å². The molecule has 4 rings (SSSR count). The minimum absolute atomic E-state index is 0.0737. The lowest BCUT2D eigenvalue weighted by Gasteiger charge is -2.21. The molecule has 180 valence electrons. The molecule has 0 saturated carbocycles. The zero-order valence-corrected chi connectivity index (χ0v) is 17.8. The number of likely N-dealkylation sites (tertiary alicyclic amines) is 2. The number of nitrogens with zero attached hydrogens (tertiary/aromatic N) is 4. The fourth-order valence-corrected chi connectivity index (χ4v) is 4.18. The number of nitrogens with one attached hydrogen (secondary N) is 1. The van der Waals surface area contributed by atoms with Gasteiger partial charge in [-0.2, -0.15) is 5.11 Å². The topological polar surface area (TPSA) is 134 Å². The normalized spacial score (nSPS) is 19.6. The summed E-state index contributed by atoms with van der Waals surface area (Å²) in [6, 6.07) is 6.52. The van der Waals surface area contributed by atoms with Crippen LogP contribution in [0.25, 0.3) is 0 Å². The van der Waals surface area contributed by atoms with Crippen LogP contribution in [-0.2, 0) is 11.3 Å². The standard InChI is InChI=1S/C21H21F3N6O4/c22-21(23,24)34-16-3-1-12(2-4-16)11-33-20(32)30-9-14-7-29(8-15(14)10-30)19(31)13-5-17(28-26)18(25)27-6-13/h1-6,14-15,26H,7-11H2,(H2,25,27)/t14-,15-/m0/s1. The van der Waals surface area contributed by atoms with E-state index in [1.807, 2.05) is 0 Å². The Kier molecular flexibility index (Phi) is 6.26. The molecule has 0 unspecified atom stereocenters. The van der Waals surface area contributed by atoms with Crippen LogP contribution >= 0.6 is 0 Å². The summed E-state index contributed by atoms with van der Waals surface area (Å²) in [5, 5.41) is 3.27. The Bertz CT molecular complexity index is 1080. The quantitative estimate of drug-likeness (QED) is 0.631. The van der Waals surface area contributed by atoms with Crippen molar-refractivity contribution in [1.82, 2.24) is 14.8 Å². The fraction of sp³-hybridized carbons (Fsp3) is 0.381. The lowest BCUT2D eigenvalue weighted by molar-refractivity contribution is -0.274. The van der Waals surface area contributed by atoms with Gasteiger partial charge < -0.3 is 25.0 Å². The first-order chi connectivity index (χ1) is 16.1. The highest BCUT2D eigenvalue weighted by atomic mass is 19.4. The van der Waals surface area contributed by atoms with Crippen molar-refractivity contribution in [2.75, 3.05) is 31.9 Å². The summed E-state index contributed by atoms with van der Waals surface area (Å²) in [7, 11) is 0. The summed E-state index contributed by atoms with van der Waals surface area (Å²) in [6.45, 7) is 1.70. The number of anilines is 1. The van der Waals surface area contributed by atoms with Gasteiger partial charge in [0.05, 0.1) is 5.56 Å². The van der Waals surface area contributed by atoms with Gasteiger partial charge in [-0.3, -0.25) is 4.79 Å². The summed E-state index contributed by atoms with van der Waals surface area (Å²) in [6.07, 6.45) is -3.94. The molecule has 0 aliphatic carbocycles. The lowest BCUT2D eigenvalue weighted by atomic mass is 10.0. The first-order valence-corrected chi connectivity index (χ1v) is 10.3. The molecule has 3 heterocycles. The maximum absolute atomic E-state index is 12.8. The van der Waals surface area contributed by atoms with Gasteiger partial charge in [0, 0.05) is 44.2 Å². The van der Waals surface area contributed by atoms with E-state index in [2.05, 4.69) is 14.8 Å². The SMILES string of the molecule is N=Nc1cc(C(=O)N2C[C@H]3CN(C(=O)OCc4ccc(OC(F)(F)F)cc4)C[C@@H]3C2)cnc1N. The van der Waals surface area contributed by atoms with Gasteiger partial charge in [0.15, 0.2) is 5.82 Å². The van der Waals surface area contributed by atoms with Crippen LogP contribution in [0.4, 0.5) is 29.5 Å². The smallest absolute Gasteiger partial charge is 0.445 e. The molecule has 2 aliphatic rings. The number of hydrogen-bond donors (Lipinski definition) is 2. The molecule has 1 aromatic carbocycles. The highest BCUT2D eigenvalue weighted by molar-refractivity contribution is 5.95. The van der Waals surface area contributed by atoms with Crippen molar-refractivity contribution in [2.45, 2.75) is 13.0 Å². The van der Waals surface area contributed by atoms with Gasteiger partial charge in [-0.1, -0.05) is 12.1 Å². The molecule has 1 aromatic heterocycles. The van der Waals surface area contributed by atoms with Crippen LogP contribution in [-0.4, -0.2) is 59.3 Å². The van der Waals surface area contributed by atoms with E-state index in [0.717, 1.165) is 12.1 Å². The van der Waals surface area contributed by atoms with Crippen molar-refractivity contribution in [3.05, 3.63) is 47.7 Å². The number of nitrogens with two attached hydrogens (primary N) is 1. The van der Waals surface area contributed by atoms with Crippen LogP contribution in [0.15, 0.2) is 41.6 Å². The molecule has 2 amide bonds. The predicted molar refractivity (Wildman–Crippen MR) is 111 cm³/mol. The van der Waals surface area contributed by atoms with E-state index < -0.39 is 12.5 Å². The Balaban J connectivity index is 1.27. The molecule has 0 radical (unpaired) electrons. The average molecular weight is 478 g/mol. The largest absolute Gasteiger partial charge is 0.573 e. The number of halogens is 3. The summed E-state index contributed by atoms with van der Waals surface area (Å²) < 4.78 is 45.8. The Hall–Kier alpha value is -3.90. The first-order valence-electron chi connectivity index (χ1n) is 10.3. The first kappa shape index (κ1) is 23.3. The number of carbonyl (C=O) groups is 2. The fourth-order valence-electron chi connectivity index (χ4n) is 4.18. The van der Waals surface area contributed by atoms with E-state index >= 15 is 0 Å². The van der Waals surface area contributed by atoms with Crippen LogP contribution in [0.1, 0.15) is 15.9 Å². The molecule has 2 atom stereocenters. The van der Waals surface area contributed by atoms with Crippen LogP contribution in [0.2, 0.25) is 0 Å². The molecule has 13 heteroatoms. The molecule has 2 saturated heterocycles. The monoisotopic (exact) mass is 478 g/mol. The van der Waals surface area contributed by atoms with Gasteiger partial charge in [0.1, 0.15) is 18.0 Å². The summed E-state index contributed by atoms with van der Waals surface area (Å²) in [4.78, 5) is 32.4. The molecule has 0 bridgehead atoms. The van der Waals surface area contributed by atoms with Gasteiger partial charge >= 0.3 is 12.5 Å². The third-order valence-corrected chi connectivity index (χ3v) is 5.82. The highest BCUT2D eigenvalue weighted by Crippen LogP contribution is 2.33. The number of carbonyl (C=O) groups excluding carboxylic acids is 2. The zero-order valence-electron chi connectivity index (χ0n) is 17.8. The number of ether oxygens (including phenoxy) is 2. The minimum Gasteiger partial charge on any atom is -0.445 e. The third kappa shape index (κ3) is 5.18. The predicted octanol–water partition coefficient (Wildman–Crippen LogP) is 3.57. The summed E-state index contributed by atoms with van der Waals surface area (Å²) >= 11 is 0. The minimum atomic E-state index is -4.77. The van der Waals surface area contributed by atoms with Gasteiger partial charge in [-0.25, -0.2) is 15.3 Å². The Morgan fingerprint density at radius 2 is 1.74 bits per heavy atom. The maximum Gasteiger partial charge on any atom is 0.573 e. The number of hydrogen-bond acceptors (Lipinski definition) is 8. The second-order valence-electron chi connectivity index (χ2n) is 8.12. The number of nitrogen functional groups attached to an aromatic ring is 1. The maximum atomic E-state index is 12.8. The Morgan fingerprint density at radius 1 is 1.12 bits per heavy atom. The molecular weight excluding hydrogens is 457 g/mol. The van der Waals surface area contributed by atoms with E-state index in [9.17, 15) is 22.8 Å². The number of rotatable bonds is 5. The third-order valence-electron chi connectivity index (χ3n) is 5.82. The number of alkyl halides is 3. The number of amides is 2. The number of aromatic nitrogens is 1. The average Bonchev–Trinajstić information content (AvgIpc) is 3.37. The van der Waals surface area contributed by atoms with E-state index in [0.29, 0.717) is 37.3 Å². The molecule has 2 aliphatic heterocycles. The molecule has 3 N–H and O–H groups in total. The van der Waals surface area contributed by atoms with Crippen LogP contribution < -0.4 is 10.5 Å². The second kappa shape index (κ2) is 9.15. The van der Waals surface area contributed by atoms with E-state index in [4.69, 9.17) is 16.0 Å². The van der Waals surface area contributed by atoms with Crippen molar-refractivity contribution in [3.8, 4) is 5.75 Å². The van der Waals surface area contributed by atoms with E-state index in [1.165, 1.54) is 24.4 Å². The number of pyridine rings is 1. The Labute approximate surface area is 191 Å². The molecular formula is C21H21F3N6O4. The molecule has 10 nitrogen and oxygen atoms in total. The van der Waals surface area contributed by atoms with Crippen molar-refractivity contribution in [3.63, 3.8) is 0 Å². The number of fused-ring (bicyclic) bond motifs is 1. The van der Waals surface area contributed by atoms with Gasteiger partial charge in [-0.05, 0) is 23.8 Å². The van der Waals surface area contributed by atoms with Crippen molar-refractivity contribution in [2.24, 2.45) is 17.0 Å². The summed E-state index contributed by atoms with van der Waals surface area (Å²) in [5.41, 5.74) is 13.7. The lowest BCUT2D eigenvalue weighted by Crippen LogP contribution is -2.35. The van der Waals surface area contributed by atoms with Crippen LogP contribution in [0, 0.1) is 17.4 Å². The molecule has 2 aromatic rings. The zero-order chi connectivity index (χ0) is 24.5. The molecule has 0 spiro atoms. The Morgan fingerprint density at radius 3 is 2.32 bits per heavy atom. The summed E-state index contributed by atoms with van der Waals surface area (Å²) in [5.74, 6) is -0.327.